The van der Waals surface area contributed by atoms with E-state index in [1.807, 2.05) is 0 Å². The Morgan fingerprint density at radius 3 is 0.964 bits per heavy atom. The van der Waals surface area contributed by atoms with Gasteiger partial charge in [0, 0.05) is 10.8 Å². The molecule has 0 amide bonds. The SMILES string of the molecule is Fc1cc2c(ccc3c2ccc2c4cc(F)c(F)c(F)c4ccc23)c(F)c1F. The van der Waals surface area contributed by atoms with Crippen LogP contribution in [-0.4, -0.2) is 0 Å². The highest BCUT2D eigenvalue weighted by Gasteiger charge is 2.18. The van der Waals surface area contributed by atoms with Crippen LogP contribution in [0.25, 0.3) is 43.1 Å². The van der Waals surface area contributed by atoms with E-state index in [1.165, 1.54) is 36.4 Å². The van der Waals surface area contributed by atoms with Gasteiger partial charge in [-0.2, -0.15) is 0 Å². The molecule has 0 aromatic heterocycles. The lowest BCUT2D eigenvalue weighted by atomic mass is 9.94. The summed E-state index contributed by atoms with van der Waals surface area (Å²) in [7, 11) is 0. The summed E-state index contributed by atoms with van der Waals surface area (Å²) in [5.41, 5.74) is 0. The Hall–Kier alpha value is -3.28. The summed E-state index contributed by atoms with van der Waals surface area (Å²) in [6.07, 6.45) is 0. The Labute approximate surface area is 153 Å². The zero-order chi connectivity index (χ0) is 19.7. The smallest absolute Gasteiger partial charge is 0.195 e. The van der Waals surface area contributed by atoms with Gasteiger partial charge in [-0.1, -0.05) is 36.4 Å². The second-order valence-corrected chi connectivity index (χ2v) is 6.55. The quantitative estimate of drug-likeness (QED) is 0.151. The van der Waals surface area contributed by atoms with Crippen LogP contribution < -0.4 is 0 Å². The van der Waals surface area contributed by atoms with Gasteiger partial charge in [0.25, 0.3) is 0 Å². The maximum absolute atomic E-state index is 14.1. The zero-order valence-corrected chi connectivity index (χ0v) is 13.9. The minimum absolute atomic E-state index is 0.0781. The molecule has 0 fully saturated rings. The third-order valence-corrected chi connectivity index (χ3v) is 5.10. The van der Waals surface area contributed by atoms with E-state index in [9.17, 15) is 26.3 Å². The highest BCUT2D eigenvalue weighted by Crippen LogP contribution is 2.37. The van der Waals surface area contributed by atoms with Gasteiger partial charge in [-0.3, -0.25) is 0 Å². The number of halogens is 6. The van der Waals surface area contributed by atoms with Crippen molar-refractivity contribution < 1.29 is 26.3 Å². The van der Waals surface area contributed by atoms with Crippen molar-refractivity contribution in [3.05, 3.63) is 83.4 Å². The van der Waals surface area contributed by atoms with Crippen molar-refractivity contribution in [1.82, 2.24) is 0 Å². The molecule has 0 saturated heterocycles. The Balaban J connectivity index is 1.98. The minimum atomic E-state index is -1.55. The first-order valence-electron chi connectivity index (χ1n) is 8.27. The fourth-order valence-electron chi connectivity index (χ4n) is 3.79. The van der Waals surface area contributed by atoms with Gasteiger partial charge in [-0.05, 0) is 44.5 Å². The molecular formula is C22H8F6. The molecule has 0 nitrogen and oxygen atoms in total. The van der Waals surface area contributed by atoms with Crippen LogP contribution in [0, 0.1) is 34.9 Å². The molecule has 0 spiro atoms. The average Bonchev–Trinajstić information content (AvgIpc) is 2.69. The Morgan fingerprint density at radius 2 is 0.607 bits per heavy atom. The normalized spacial score (nSPS) is 11.9. The van der Waals surface area contributed by atoms with Crippen LogP contribution in [0.2, 0.25) is 0 Å². The highest BCUT2D eigenvalue weighted by molar-refractivity contribution is 6.22. The van der Waals surface area contributed by atoms with E-state index in [4.69, 9.17) is 0 Å². The lowest BCUT2D eigenvalue weighted by Crippen LogP contribution is -1.94. The molecule has 0 atom stereocenters. The molecule has 0 heterocycles. The van der Waals surface area contributed by atoms with Crippen LogP contribution in [0.5, 0.6) is 0 Å². The summed E-state index contributed by atoms with van der Waals surface area (Å²) in [5.74, 6) is -8.28. The molecule has 6 heteroatoms. The van der Waals surface area contributed by atoms with Crippen LogP contribution in [0.15, 0.2) is 48.5 Å². The number of hydrogen-bond acceptors (Lipinski definition) is 0. The molecule has 5 aromatic rings. The van der Waals surface area contributed by atoms with Crippen molar-refractivity contribution in [2.24, 2.45) is 0 Å². The first-order valence-corrected chi connectivity index (χ1v) is 8.27. The maximum atomic E-state index is 14.1. The Morgan fingerprint density at radius 1 is 0.321 bits per heavy atom. The molecule has 0 saturated carbocycles. The second kappa shape index (κ2) is 5.61. The fourth-order valence-corrected chi connectivity index (χ4v) is 3.79. The number of rotatable bonds is 0. The van der Waals surface area contributed by atoms with E-state index in [2.05, 4.69) is 0 Å². The van der Waals surface area contributed by atoms with Crippen molar-refractivity contribution >= 4 is 43.1 Å². The van der Waals surface area contributed by atoms with E-state index in [-0.39, 0.29) is 21.5 Å². The van der Waals surface area contributed by atoms with Gasteiger partial charge in [-0.15, -0.1) is 0 Å². The van der Waals surface area contributed by atoms with Crippen LogP contribution in [0.4, 0.5) is 26.3 Å². The van der Waals surface area contributed by atoms with Crippen molar-refractivity contribution in [3.63, 3.8) is 0 Å². The molecule has 0 unspecified atom stereocenters. The van der Waals surface area contributed by atoms with Crippen LogP contribution in [0.3, 0.4) is 0 Å². The molecule has 0 N–H and O–H groups in total. The molecule has 28 heavy (non-hydrogen) atoms. The summed E-state index contributed by atoms with van der Waals surface area (Å²) >= 11 is 0. The lowest BCUT2D eigenvalue weighted by molar-refractivity contribution is 0.453. The van der Waals surface area contributed by atoms with E-state index >= 15 is 0 Å². The monoisotopic (exact) mass is 386 g/mol. The second-order valence-electron chi connectivity index (χ2n) is 6.55. The molecule has 0 radical (unpaired) electrons. The van der Waals surface area contributed by atoms with E-state index in [1.54, 1.807) is 0 Å². The molecular weight excluding hydrogens is 378 g/mol. The van der Waals surface area contributed by atoms with Crippen molar-refractivity contribution in [2.75, 3.05) is 0 Å². The summed E-state index contributed by atoms with van der Waals surface area (Å²) in [4.78, 5) is 0. The van der Waals surface area contributed by atoms with Crippen molar-refractivity contribution in [1.29, 1.82) is 0 Å². The third-order valence-electron chi connectivity index (χ3n) is 5.10. The van der Waals surface area contributed by atoms with Gasteiger partial charge in [0.1, 0.15) is 0 Å². The standard InChI is InChI=1S/C22H8F6/c23-17-7-15-11-1-2-12-10(9(11)3-5-13(15)19(25)21(17)27)4-6-14-16(12)8-18(24)22(28)20(14)26/h1-8H. The summed E-state index contributed by atoms with van der Waals surface area (Å²) in [6, 6.07) is 10.6. The van der Waals surface area contributed by atoms with E-state index in [0.29, 0.717) is 21.5 Å². The van der Waals surface area contributed by atoms with Crippen molar-refractivity contribution in [2.45, 2.75) is 0 Å². The van der Waals surface area contributed by atoms with Gasteiger partial charge >= 0.3 is 0 Å². The number of hydrogen-bond donors (Lipinski definition) is 0. The number of fused-ring (bicyclic) bond motifs is 7. The summed E-state index contributed by atoms with van der Waals surface area (Å²) in [5, 5.41) is 2.21. The zero-order valence-electron chi connectivity index (χ0n) is 13.9. The number of benzene rings is 5. The molecule has 5 rings (SSSR count). The first kappa shape index (κ1) is 16.9. The van der Waals surface area contributed by atoms with Crippen LogP contribution >= 0.6 is 0 Å². The predicted octanol–water partition coefficient (Wildman–Crippen LogP) is 7.13. The molecule has 5 aromatic carbocycles. The average molecular weight is 386 g/mol. The lowest BCUT2D eigenvalue weighted by Gasteiger charge is -2.11. The molecule has 0 aliphatic carbocycles. The largest absolute Gasteiger partial charge is 0.204 e. The highest BCUT2D eigenvalue weighted by atomic mass is 19.2. The molecule has 138 valence electrons. The Kier molecular flexibility index (Phi) is 3.38. The molecule has 0 aliphatic rings. The van der Waals surface area contributed by atoms with Gasteiger partial charge in [0.05, 0.1) is 0 Å². The van der Waals surface area contributed by atoms with E-state index < -0.39 is 34.9 Å². The summed E-state index contributed by atoms with van der Waals surface area (Å²) < 4.78 is 82.8. The third kappa shape index (κ3) is 2.08. The predicted molar refractivity (Wildman–Crippen MR) is 96.2 cm³/mol. The van der Waals surface area contributed by atoms with Crippen LogP contribution in [0.1, 0.15) is 0 Å². The Bertz CT molecular complexity index is 1360. The topological polar surface area (TPSA) is 0 Å². The first-order chi connectivity index (χ1) is 13.4. The van der Waals surface area contributed by atoms with Gasteiger partial charge in [0.2, 0.25) is 0 Å². The van der Waals surface area contributed by atoms with Gasteiger partial charge in [-0.25, -0.2) is 26.3 Å². The van der Waals surface area contributed by atoms with Gasteiger partial charge < -0.3 is 0 Å². The molecule has 0 bridgehead atoms. The molecule has 0 aliphatic heterocycles. The van der Waals surface area contributed by atoms with Gasteiger partial charge in [0.15, 0.2) is 34.9 Å². The maximum Gasteiger partial charge on any atom is 0.195 e. The van der Waals surface area contributed by atoms with E-state index in [0.717, 1.165) is 12.1 Å². The summed E-state index contributed by atoms with van der Waals surface area (Å²) in [6.45, 7) is 0. The van der Waals surface area contributed by atoms with Crippen molar-refractivity contribution in [3.8, 4) is 0 Å². The van der Waals surface area contributed by atoms with Crippen LogP contribution in [-0.2, 0) is 0 Å². The minimum Gasteiger partial charge on any atom is -0.204 e. The fraction of sp³-hybridized carbons (Fsp3) is 0.